The number of anilines is 1. The molecule has 0 saturated heterocycles. The molecule has 0 unspecified atom stereocenters. The molecule has 4 nitrogen and oxygen atoms in total. The van der Waals surface area contributed by atoms with Crippen molar-refractivity contribution < 1.29 is 9.18 Å². The normalized spacial score (nSPS) is 15.0. The van der Waals surface area contributed by atoms with E-state index in [1.54, 1.807) is 29.2 Å². The number of rotatable bonds is 2. The monoisotopic (exact) mass is 431 g/mol. The van der Waals surface area contributed by atoms with Crippen molar-refractivity contribution in [2.75, 3.05) is 5.32 Å². The van der Waals surface area contributed by atoms with Crippen LogP contribution in [-0.4, -0.2) is 15.5 Å². The highest BCUT2D eigenvalue weighted by atomic mass is 35.5. The number of hydrogen-bond donors (Lipinski definition) is 1. The molecule has 0 bridgehead atoms. The van der Waals surface area contributed by atoms with E-state index in [9.17, 15) is 9.18 Å². The maximum Gasteiger partial charge on any atom is 0.323 e. The topological polar surface area (TPSA) is 37.3 Å². The van der Waals surface area contributed by atoms with Crippen LogP contribution in [0, 0.1) is 5.82 Å². The van der Waals surface area contributed by atoms with E-state index in [4.69, 9.17) is 11.6 Å². The molecule has 5 rings (SSSR count). The Morgan fingerprint density at radius 3 is 2.48 bits per heavy atom. The predicted molar refractivity (Wildman–Crippen MR) is 120 cm³/mol. The summed E-state index contributed by atoms with van der Waals surface area (Å²) in [7, 11) is 0. The summed E-state index contributed by atoms with van der Waals surface area (Å²) in [5, 5.41) is 3.41. The summed E-state index contributed by atoms with van der Waals surface area (Å²) in [6.07, 6.45) is 1.99. The molecule has 3 aromatic carbocycles. The molecular weight excluding hydrogens is 413 g/mol. The highest BCUT2D eigenvalue weighted by Gasteiger charge is 2.33. The molecule has 6 heteroatoms. The Bertz CT molecular complexity index is 1250. The van der Waals surface area contributed by atoms with Crippen molar-refractivity contribution in [2.45, 2.75) is 12.6 Å². The van der Waals surface area contributed by atoms with Crippen LogP contribution in [-0.2, 0) is 6.54 Å². The SMILES string of the molecule is O=C(Nc1ccccc1Cl)N1Cc2ccccc2-n2cccc2[C@@H]1c1ccc(F)cc1. The molecule has 0 saturated carbocycles. The highest BCUT2D eigenvalue weighted by Crippen LogP contribution is 2.37. The Balaban J connectivity index is 1.64. The van der Waals surface area contributed by atoms with Gasteiger partial charge in [0.15, 0.2) is 0 Å². The quantitative estimate of drug-likeness (QED) is 0.391. The molecule has 154 valence electrons. The van der Waals surface area contributed by atoms with Crippen LogP contribution in [0.5, 0.6) is 0 Å². The molecule has 1 aromatic heterocycles. The van der Waals surface area contributed by atoms with Gasteiger partial charge in [0.2, 0.25) is 0 Å². The fraction of sp³-hybridized carbons (Fsp3) is 0.0800. The molecule has 0 spiro atoms. The van der Waals surface area contributed by atoms with Crippen molar-refractivity contribution in [1.82, 2.24) is 9.47 Å². The van der Waals surface area contributed by atoms with Crippen LogP contribution in [0.3, 0.4) is 0 Å². The molecule has 0 fully saturated rings. The van der Waals surface area contributed by atoms with E-state index in [0.717, 1.165) is 22.5 Å². The lowest BCUT2D eigenvalue weighted by Crippen LogP contribution is -2.38. The van der Waals surface area contributed by atoms with Gasteiger partial charge in [0.25, 0.3) is 0 Å². The summed E-state index contributed by atoms with van der Waals surface area (Å²) in [5.74, 6) is -0.317. The number of amides is 2. The van der Waals surface area contributed by atoms with Gasteiger partial charge in [-0.2, -0.15) is 0 Å². The average molecular weight is 432 g/mol. The first-order valence-corrected chi connectivity index (χ1v) is 10.3. The van der Waals surface area contributed by atoms with Crippen molar-refractivity contribution in [3.63, 3.8) is 0 Å². The Morgan fingerprint density at radius 1 is 0.935 bits per heavy atom. The number of hydrogen-bond acceptors (Lipinski definition) is 1. The lowest BCUT2D eigenvalue weighted by atomic mass is 10.0. The van der Waals surface area contributed by atoms with Crippen LogP contribution in [0.2, 0.25) is 5.02 Å². The summed E-state index contributed by atoms with van der Waals surface area (Å²) >= 11 is 6.28. The van der Waals surface area contributed by atoms with Crippen LogP contribution in [0.25, 0.3) is 5.69 Å². The lowest BCUT2D eigenvalue weighted by Gasteiger charge is -2.31. The van der Waals surface area contributed by atoms with Gasteiger partial charge >= 0.3 is 6.03 Å². The van der Waals surface area contributed by atoms with Gasteiger partial charge < -0.3 is 14.8 Å². The zero-order chi connectivity index (χ0) is 21.4. The highest BCUT2D eigenvalue weighted by molar-refractivity contribution is 6.33. The Kier molecular flexibility index (Phi) is 4.96. The average Bonchev–Trinajstić information content (AvgIpc) is 3.20. The number of halogens is 2. The van der Waals surface area contributed by atoms with Gasteiger partial charge in [0.1, 0.15) is 5.82 Å². The summed E-state index contributed by atoms with van der Waals surface area (Å²) in [4.78, 5) is 15.3. The molecule has 1 atom stereocenters. The van der Waals surface area contributed by atoms with Gasteiger partial charge in [-0.1, -0.05) is 54.1 Å². The maximum atomic E-state index is 13.7. The van der Waals surface area contributed by atoms with Gasteiger partial charge in [-0.15, -0.1) is 0 Å². The number of para-hydroxylation sites is 2. The third-order valence-electron chi connectivity index (χ3n) is 5.53. The van der Waals surface area contributed by atoms with E-state index < -0.39 is 6.04 Å². The zero-order valence-electron chi connectivity index (χ0n) is 16.5. The fourth-order valence-corrected chi connectivity index (χ4v) is 4.27. The van der Waals surface area contributed by atoms with Gasteiger partial charge in [-0.3, -0.25) is 0 Å². The number of carbonyl (C=O) groups excluding carboxylic acids is 1. The standard InChI is InChI=1S/C25H19ClFN3O/c26-20-7-2-3-8-21(20)28-25(31)30-16-18-6-1-4-9-22(18)29-15-5-10-23(29)24(30)17-11-13-19(27)14-12-17/h1-15,24H,16H2,(H,28,31)/t24-/m0/s1. The Labute approximate surface area is 184 Å². The number of benzene rings is 3. The van der Waals surface area contributed by atoms with E-state index >= 15 is 0 Å². The second-order valence-corrected chi connectivity index (χ2v) is 7.83. The summed E-state index contributed by atoms with van der Waals surface area (Å²) in [6.45, 7) is 0.385. The van der Waals surface area contributed by atoms with E-state index in [-0.39, 0.29) is 11.8 Å². The van der Waals surface area contributed by atoms with Crippen LogP contribution in [0.1, 0.15) is 22.9 Å². The van der Waals surface area contributed by atoms with E-state index in [1.807, 2.05) is 54.7 Å². The molecule has 0 aliphatic carbocycles. The molecule has 4 aromatic rings. The fourth-order valence-electron chi connectivity index (χ4n) is 4.08. The molecule has 2 heterocycles. The minimum atomic E-state index is -0.412. The molecule has 1 aliphatic rings. The van der Waals surface area contributed by atoms with Crippen molar-refractivity contribution >= 4 is 23.3 Å². The van der Waals surface area contributed by atoms with Crippen LogP contribution in [0.4, 0.5) is 14.9 Å². The van der Waals surface area contributed by atoms with Gasteiger partial charge in [0.05, 0.1) is 29.0 Å². The lowest BCUT2D eigenvalue weighted by molar-refractivity contribution is 0.194. The number of nitrogens with one attached hydrogen (secondary N) is 1. The van der Waals surface area contributed by atoms with Crippen molar-refractivity contribution in [3.8, 4) is 5.69 Å². The van der Waals surface area contributed by atoms with Gasteiger partial charge in [-0.25, -0.2) is 9.18 Å². The smallest absolute Gasteiger partial charge is 0.318 e. The summed E-state index contributed by atoms with van der Waals surface area (Å²) in [6, 6.07) is 24.7. The number of nitrogens with zero attached hydrogens (tertiary/aromatic N) is 2. The predicted octanol–water partition coefficient (Wildman–Crippen LogP) is 6.41. The van der Waals surface area contributed by atoms with Crippen LogP contribution in [0.15, 0.2) is 91.1 Å². The molecule has 0 radical (unpaired) electrons. The van der Waals surface area contributed by atoms with Crippen LogP contribution < -0.4 is 5.32 Å². The van der Waals surface area contributed by atoms with E-state index in [1.165, 1.54) is 12.1 Å². The second-order valence-electron chi connectivity index (χ2n) is 7.42. The Morgan fingerprint density at radius 2 is 1.68 bits per heavy atom. The summed E-state index contributed by atoms with van der Waals surface area (Å²) < 4.78 is 15.7. The van der Waals surface area contributed by atoms with Crippen molar-refractivity contribution in [3.05, 3.63) is 119 Å². The molecule has 2 amide bonds. The van der Waals surface area contributed by atoms with E-state index in [0.29, 0.717) is 17.3 Å². The first kappa shape index (κ1) is 19.4. The van der Waals surface area contributed by atoms with Gasteiger partial charge in [-0.05, 0) is 53.6 Å². The number of fused-ring (bicyclic) bond motifs is 3. The molecular formula is C25H19ClFN3O. The van der Waals surface area contributed by atoms with Crippen molar-refractivity contribution in [1.29, 1.82) is 0 Å². The zero-order valence-corrected chi connectivity index (χ0v) is 17.3. The van der Waals surface area contributed by atoms with Gasteiger partial charge in [0, 0.05) is 11.9 Å². The Hall–Kier alpha value is -3.57. The minimum Gasteiger partial charge on any atom is -0.318 e. The van der Waals surface area contributed by atoms with Crippen molar-refractivity contribution in [2.24, 2.45) is 0 Å². The molecule has 31 heavy (non-hydrogen) atoms. The first-order chi connectivity index (χ1) is 15.1. The minimum absolute atomic E-state index is 0.285. The number of urea groups is 1. The molecule has 1 N–H and O–H groups in total. The van der Waals surface area contributed by atoms with Crippen LogP contribution >= 0.6 is 11.6 Å². The number of carbonyl (C=O) groups is 1. The maximum absolute atomic E-state index is 13.7. The number of aromatic nitrogens is 1. The molecule has 1 aliphatic heterocycles. The third-order valence-corrected chi connectivity index (χ3v) is 5.86. The first-order valence-electron chi connectivity index (χ1n) is 9.95. The third kappa shape index (κ3) is 3.57. The largest absolute Gasteiger partial charge is 0.323 e. The second kappa shape index (κ2) is 7.93. The summed E-state index contributed by atoms with van der Waals surface area (Å²) in [5.41, 5.74) is 4.32. The van der Waals surface area contributed by atoms with E-state index in [2.05, 4.69) is 9.88 Å².